The summed E-state index contributed by atoms with van der Waals surface area (Å²) in [4.78, 5) is 11.4. The van der Waals surface area contributed by atoms with E-state index in [1.807, 2.05) is 24.3 Å². The number of hydrogen-bond acceptors (Lipinski definition) is 8. The van der Waals surface area contributed by atoms with Gasteiger partial charge in [0.2, 0.25) is 5.88 Å². The van der Waals surface area contributed by atoms with Crippen LogP contribution in [0.2, 0.25) is 0 Å². The molecule has 30 heavy (non-hydrogen) atoms. The zero-order chi connectivity index (χ0) is 20.1. The fraction of sp³-hybridized carbons (Fsp3) is 0.381. The van der Waals surface area contributed by atoms with Crippen molar-refractivity contribution in [1.82, 2.24) is 24.9 Å². The Hall–Kier alpha value is -3.17. The summed E-state index contributed by atoms with van der Waals surface area (Å²) in [5.41, 5.74) is 8.18. The Bertz CT molecular complexity index is 1200. The van der Waals surface area contributed by atoms with Crippen LogP contribution in [0.3, 0.4) is 0 Å². The molecule has 0 unspecified atom stereocenters. The van der Waals surface area contributed by atoms with E-state index < -0.39 is 0 Å². The summed E-state index contributed by atoms with van der Waals surface area (Å²) >= 11 is 0. The van der Waals surface area contributed by atoms with Crippen molar-refractivity contribution >= 4 is 22.4 Å². The van der Waals surface area contributed by atoms with Gasteiger partial charge in [-0.1, -0.05) is 0 Å². The van der Waals surface area contributed by atoms with Crippen LogP contribution in [0.5, 0.6) is 5.88 Å². The fourth-order valence-corrected chi connectivity index (χ4v) is 4.16. The molecule has 6 rings (SSSR count). The molecule has 0 radical (unpaired) electrons. The van der Waals surface area contributed by atoms with Gasteiger partial charge >= 0.3 is 0 Å². The van der Waals surface area contributed by atoms with Crippen molar-refractivity contribution in [3.05, 3.63) is 36.7 Å². The largest absolute Gasteiger partial charge is 0.473 e. The summed E-state index contributed by atoms with van der Waals surface area (Å²) in [7, 11) is 0. The first kappa shape index (κ1) is 17.7. The molecule has 154 valence electrons. The molecule has 0 spiro atoms. The Labute approximate surface area is 172 Å². The van der Waals surface area contributed by atoms with E-state index in [1.54, 1.807) is 16.9 Å². The maximum Gasteiger partial charge on any atom is 0.232 e. The minimum atomic E-state index is 0.135. The number of fused-ring (bicyclic) bond motifs is 2. The van der Waals surface area contributed by atoms with Crippen molar-refractivity contribution in [2.45, 2.75) is 25.0 Å². The van der Waals surface area contributed by atoms with Crippen LogP contribution in [0.4, 0.5) is 5.82 Å². The van der Waals surface area contributed by atoms with E-state index in [1.165, 1.54) is 0 Å². The molecule has 4 aromatic rings. The Kier molecular flexibility index (Phi) is 4.10. The van der Waals surface area contributed by atoms with E-state index in [0.29, 0.717) is 11.6 Å². The van der Waals surface area contributed by atoms with E-state index in [-0.39, 0.29) is 12.1 Å². The van der Waals surface area contributed by atoms with Gasteiger partial charge < -0.3 is 25.1 Å². The highest BCUT2D eigenvalue weighted by molar-refractivity contribution is 5.92. The van der Waals surface area contributed by atoms with Crippen LogP contribution in [0, 0.1) is 0 Å². The predicted molar refractivity (Wildman–Crippen MR) is 113 cm³/mol. The lowest BCUT2D eigenvalue weighted by Crippen LogP contribution is -2.43. The van der Waals surface area contributed by atoms with E-state index in [9.17, 15) is 0 Å². The summed E-state index contributed by atoms with van der Waals surface area (Å²) in [6.45, 7) is 3.76. The van der Waals surface area contributed by atoms with Gasteiger partial charge in [0.1, 0.15) is 23.2 Å². The molecule has 9 nitrogen and oxygen atoms in total. The smallest absolute Gasteiger partial charge is 0.232 e. The second-order valence-corrected chi connectivity index (χ2v) is 7.95. The zero-order valence-electron chi connectivity index (χ0n) is 16.5. The quantitative estimate of drug-likeness (QED) is 0.529. The topological polar surface area (TPSA) is 107 Å². The molecular formula is C21H23N7O2. The van der Waals surface area contributed by atoms with Gasteiger partial charge in [0.15, 0.2) is 11.4 Å². The van der Waals surface area contributed by atoms with Crippen molar-refractivity contribution in [2.24, 2.45) is 5.73 Å². The van der Waals surface area contributed by atoms with Crippen molar-refractivity contribution in [3.63, 3.8) is 0 Å². The number of hydrogen-bond donors (Lipinski definition) is 2. The lowest BCUT2D eigenvalue weighted by atomic mass is 9.90. The first-order valence-electron chi connectivity index (χ1n) is 10.4. The number of anilines is 1. The van der Waals surface area contributed by atoms with Gasteiger partial charge in [-0.2, -0.15) is 0 Å². The van der Waals surface area contributed by atoms with Crippen molar-refractivity contribution in [2.75, 3.05) is 31.1 Å². The maximum atomic E-state index is 6.18. The monoisotopic (exact) mass is 405 g/mol. The van der Waals surface area contributed by atoms with Crippen LogP contribution in [0.1, 0.15) is 12.8 Å². The van der Waals surface area contributed by atoms with Gasteiger partial charge in [-0.15, -0.1) is 5.10 Å². The van der Waals surface area contributed by atoms with Gasteiger partial charge in [-0.3, -0.25) is 0 Å². The van der Waals surface area contributed by atoms with Gasteiger partial charge in [-0.25, -0.2) is 14.5 Å². The molecule has 1 saturated heterocycles. The van der Waals surface area contributed by atoms with Crippen molar-refractivity contribution in [3.8, 4) is 17.3 Å². The van der Waals surface area contributed by atoms with E-state index in [0.717, 1.165) is 67.1 Å². The number of nitrogens with two attached hydrogens (primary N) is 1. The lowest BCUT2D eigenvalue weighted by Gasteiger charge is -2.31. The van der Waals surface area contributed by atoms with Crippen LogP contribution in [0.15, 0.2) is 41.1 Å². The highest BCUT2D eigenvalue weighted by Crippen LogP contribution is 2.33. The second-order valence-electron chi connectivity index (χ2n) is 7.95. The molecule has 2 fully saturated rings. The van der Waals surface area contributed by atoms with Crippen LogP contribution >= 0.6 is 0 Å². The summed E-state index contributed by atoms with van der Waals surface area (Å²) in [5, 5.41) is 9.02. The molecule has 1 aliphatic carbocycles. The number of nitrogens with zero attached hydrogens (tertiary/aromatic N) is 5. The molecule has 0 bridgehead atoms. The molecule has 9 heteroatoms. The summed E-state index contributed by atoms with van der Waals surface area (Å²) in [5.74, 6) is 2.23. The maximum absolute atomic E-state index is 6.18. The van der Waals surface area contributed by atoms with E-state index in [2.05, 4.69) is 25.3 Å². The van der Waals surface area contributed by atoms with Crippen molar-refractivity contribution < 1.29 is 9.15 Å². The first-order valence-corrected chi connectivity index (χ1v) is 10.4. The molecule has 4 aromatic heterocycles. The Morgan fingerprint density at radius 1 is 1.13 bits per heavy atom. The standard InChI is InChI=1S/C21H23N7O2/c22-13-9-14(10-13)29-20-2-1-19-25-12-16(28(19)26-20)18-11-15-17(30-18)3-4-24-21(15)27-7-5-23-6-8-27/h1-4,11-14,23H,5-10,22H2/t13-,14-. The molecule has 0 atom stereocenters. The van der Waals surface area contributed by atoms with Crippen LogP contribution in [0.25, 0.3) is 28.1 Å². The van der Waals surface area contributed by atoms with Crippen LogP contribution in [-0.4, -0.2) is 57.9 Å². The number of imidazole rings is 1. The number of ether oxygens (including phenoxy) is 1. The Morgan fingerprint density at radius 3 is 2.83 bits per heavy atom. The Balaban J connectivity index is 1.38. The summed E-state index contributed by atoms with van der Waals surface area (Å²) < 4.78 is 13.9. The Morgan fingerprint density at radius 2 is 2.00 bits per heavy atom. The normalized spacial score (nSPS) is 21.8. The number of rotatable bonds is 4. The van der Waals surface area contributed by atoms with Crippen LogP contribution < -0.4 is 20.7 Å². The molecule has 1 saturated carbocycles. The highest BCUT2D eigenvalue weighted by atomic mass is 16.5. The van der Waals surface area contributed by atoms with Gasteiger partial charge in [0.25, 0.3) is 0 Å². The minimum absolute atomic E-state index is 0.135. The third-order valence-corrected chi connectivity index (χ3v) is 5.85. The molecule has 0 aromatic carbocycles. The predicted octanol–water partition coefficient (Wildman–Crippen LogP) is 1.82. The van der Waals surface area contributed by atoms with E-state index in [4.69, 9.17) is 14.9 Å². The number of piperazine rings is 1. The third-order valence-electron chi connectivity index (χ3n) is 5.85. The first-order chi connectivity index (χ1) is 14.7. The SMILES string of the molecule is N[C@H]1C[C@H](Oc2ccc3ncc(-c4cc5c(N6CCNCC6)nccc5o4)n3n2)C1. The average Bonchev–Trinajstić information content (AvgIpc) is 3.36. The lowest BCUT2D eigenvalue weighted by molar-refractivity contribution is 0.0944. The van der Waals surface area contributed by atoms with Gasteiger partial charge in [-0.05, 0) is 31.0 Å². The summed E-state index contributed by atoms with van der Waals surface area (Å²) in [6, 6.07) is 7.91. The number of nitrogens with one attached hydrogen (secondary N) is 1. The van der Waals surface area contributed by atoms with Crippen LogP contribution in [-0.2, 0) is 0 Å². The van der Waals surface area contributed by atoms with Crippen molar-refractivity contribution in [1.29, 1.82) is 0 Å². The highest BCUT2D eigenvalue weighted by Gasteiger charge is 2.28. The third kappa shape index (κ3) is 2.98. The van der Waals surface area contributed by atoms with Gasteiger partial charge in [0, 0.05) is 44.5 Å². The molecule has 1 aliphatic heterocycles. The fourth-order valence-electron chi connectivity index (χ4n) is 4.16. The zero-order valence-corrected chi connectivity index (χ0v) is 16.5. The van der Waals surface area contributed by atoms with Gasteiger partial charge in [0.05, 0.1) is 11.6 Å². The summed E-state index contributed by atoms with van der Waals surface area (Å²) in [6.07, 6.45) is 5.44. The number of furan rings is 1. The second kappa shape index (κ2) is 6.96. The average molecular weight is 405 g/mol. The number of aromatic nitrogens is 4. The minimum Gasteiger partial charge on any atom is -0.473 e. The molecular weight excluding hydrogens is 382 g/mol. The molecule has 5 heterocycles. The molecule has 0 amide bonds. The van der Waals surface area contributed by atoms with E-state index >= 15 is 0 Å². The molecule has 3 N–H and O–H groups in total. The number of pyridine rings is 1. The molecule has 2 aliphatic rings.